The summed E-state index contributed by atoms with van der Waals surface area (Å²) in [7, 11) is 1.65. The van der Waals surface area contributed by atoms with E-state index in [2.05, 4.69) is 19.7 Å². The number of nitrogens with one attached hydrogen (secondary N) is 1. The van der Waals surface area contributed by atoms with E-state index in [1.165, 1.54) is 6.20 Å². The van der Waals surface area contributed by atoms with Crippen LogP contribution in [0.4, 0.5) is 11.6 Å². The maximum atomic E-state index is 12.7. The molecular formula is C15H24N6O2S. The van der Waals surface area contributed by atoms with Crippen LogP contribution in [0, 0.1) is 13.8 Å². The Morgan fingerprint density at radius 2 is 1.67 bits per heavy atom. The molecular weight excluding hydrogens is 328 g/mol. The summed E-state index contributed by atoms with van der Waals surface area (Å²) >= 11 is 0. The Hall–Kier alpha value is -2.16. The highest BCUT2D eigenvalue weighted by Gasteiger charge is 2.23. The molecule has 0 aliphatic carbocycles. The highest BCUT2D eigenvalue weighted by atomic mass is 32.2. The van der Waals surface area contributed by atoms with Crippen LogP contribution in [0.5, 0.6) is 0 Å². The average molecular weight is 352 g/mol. The number of rotatable bonds is 5. The van der Waals surface area contributed by atoms with Crippen molar-refractivity contribution in [3.05, 3.63) is 23.4 Å². The van der Waals surface area contributed by atoms with E-state index in [0.29, 0.717) is 28.8 Å². The summed E-state index contributed by atoms with van der Waals surface area (Å²) in [6, 6.07) is 0. The molecule has 0 spiro atoms. The minimum atomic E-state index is -3.80. The molecule has 2 aromatic rings. The van der Waals surface area contributed by atoms with Gasteiger partial charge < -0.3 is 9.47 Å². The van der Waals surface area contributed by atoms with Gasteiger partial charge >= 0.3 is 0 Å². The van der Waals surface area contributed by atoms with E-state index in [9.17, 15) is 8.42 Å². The van der Waals surface area contributed by atoms with E-state index in [4.69, 9.17) is 0 Å². The summed E-state index contributed by atoms with van der Waals surface area (Å²) in [5, 5.41) is -0.0100. The van der Waals surface area contributed by atoms with Crippen LogP contribution in [0.2, 0.25) is 0 Å². The monoisotopic (exact) mass is 352 g/mol. The smallest absolute Gasteiger partial charge is 0.281 e. The summed E-state index contributed by atoms with van der Waals surface area (Å²) < 4.78 is 29.6. The Bertz CT molecular complexity index is 832. The first-order valence-electron chi connectivity index (χ1n) is 7.61. The SMILES string of the molecule is Cc1nc(N(C)C)nc(C)c1NS(=O)(=O)c1cn(C)c(C(C)C)n1. The quantitative estimate of drug-likeness (QED) is 0.882. The summed E-state index contributed by atoms with van der Waals surface area (Å²) in [6.07, 6.45) is 1.51. The van der Waals surface area contributed by atoms with Crippen molar-refractivity contribution >= 4 is 21.7 Å². The van der Waals surface area contributed by atoms with E-state index < -0.39 is 10.0 Å². The minimum Gasteiger partial charge on any atom is -0.347 e. The maximum absolute atomic E-state index is 12.7. The zero-order chi connectivity index (χ0) is 18.2. The Kier molecular flexibility index (Phi) is 4.84. The van der Waals surface area contributed by atoms with Crippen LogP contribution in [-0.4, -0.2) is 42.0 Å². The van der Waals surface area contributed by atoms with Crippen LogP contribution in [-0.2, 0) is 17.1 Å². The predicted molar refractivity (Wildman–Crippen MR) is 93.9 cm³/mol. The molecule has 0 aliphatic heterocycles. The molecule has 1 N–H and O–H groups in total. The summed E-state index contributed by atoms with van der Waals surface area (Å²) in [4.78, 5) is 14.7. The van der Waals surface area contributed by atoms with Gasteiger partial charge in [0, 0.05) is 33.3 Å². The molecule has 8 nitrogen and oxygen atoms in total. The number of hydrogen-bond donors (Lipinski definition) is 1. The van der Waals surface area contributed by atoms with Crippen LogP contribution < -0.4 is 9.62 Å². The van der Waals surface area contributed by atoms with Crippen LogP contribution in [0.25, 0.3) is 0 Å². The third kappa shape index (κ3) is 3.50. The lowest BCUT2D eigenvalue weighted by Crippen LogP contribution is -2.19. The number of imidazole rings is 1. The molecule has 0 saturated carbocycles. The fraction of sp³-hybridized carbons (Fsp3) is 0.533. The number of anilines is 2. The number of nitrogens with zero attached hydrogens (tertiary/aromatic N) is 5. The molecule has 0 saturated heterocycles. The molecule has 0 fully saturated rings. The normalized spacial score (nSPS) is 11.8. The fourth-order valence-electron chi connectivity index (χ4n) is 2.35. The van der Waals surface area contributed by atoms with Crippen molar-refractivity contribution in [3.8, 4) is 0 Å². The largest absolute Gasteiger partial charge is 0.347 e. The first kappa shape index (κ1) is 18.2. The van der Waals surface area contributed by atoms with E-state index in [1.807, 2.05) is 27.9 Å². The second kappa shape index (κ2) is 6.39. The molecule has 24 heavy (non-hydrogen) atoms. The Morgan fingerprint density at radius 1 is 1.12 bits per heavy atom. The minimum absolute atomic E-state index is 0.0100. The second-order valence-corrected chi connectivity index (χ2v) is 7.90. The van der Waals surface area contributed by atoms with Crippen LogP contribution in [0.15, 0.2) is 11.2 Å². The van der Waals surface area contributed by atoms with Gasteiger partial charge in [0.05, 0.1) is 17.1 Å². The van der Waals surface area contributed by atoms with Crippen molar-refractivity contribution in [3.63, 3.8) is 0 Å². The molecule has 2 aromatic heterocycles. The predicted octanol–water partition coefficient (Wildman–Crippen LogP) is 1.82. The van der Waals surface area contributed by atoms with Crippen LogP contribution in [0.3, 0.4) is 0 Å². The van der Waals surface area contributed by atoms with Gasteiger partial charge in [-0.3, -0.25) is 4.72 Å². The zero-order valence-corrected chi connectivity index (χ0v) is 15.9. The molecule has 2 heterocycles. The molecule has 0 aromatic carbocycles. The van der Waals surface area contributed by atoms with E-state index >= 15 is 0 Å². The van der Waals surface area contributed by atoms with Gasteiger partial charge in [0.1, 0.15) is 5.82 Å². The summed E-state index contributed by atoms with van der Waals surface area (Å²) in [6.45, 7) is 7.43. The highest BCUT2D eigenvalue weighted by molar-refractivity contribution is 7.92. The number of aromatic nitrogens is 4. The standard InChI is InChI=1S/C15H24N6O2S/c1-9(2)14-18-12(8-21(14)7)24(22,23)19-13-10(3)16-15(20(5)6)17-11(13)4/h8-9,19H,1-7H3. The van der Waals surface area contributed by atoms with Crippen molar-refractivity contribution in [2.75, 3.05) is 23.7 Å². The Balaban J connectivity index is 2.41. The van der Waals surface area contributed by atoms with E-state index in [-0.39, 0.29) is 10.9 Å². The first-order chi connectivity index (χ1) is 11.0. The number of hydrogen-bond acceptors (Lipinski definition) is 6. The molecule has 2 rings (SSSR count). The fourth-order valence-corrected chi connectivity index (χ4v) is 3.53. The van der Waals surface area contributed by atoms with Crippen molar-refractivity contribution in [1.29, 1.82) is 0 Å². The Morgan fingerprint density at radius 3 is 2.08 bits per heavy atom. The number of sulfonamides is 1. The van der Waals surface area contributed by atoms with Gasteiger partial charge in [0.15, 0.2) is 5.03 Å². The summed E-state index contributed by atoms with van der Waals surface area (Å²) in [5.74, 6) is 1.38. The van der Waals surface area contributed by atoms with Crippen LogP contribution >= 0.6 is 0 Å². The molecule has 0 atom stereocenters. The highest BCUT2D eigenvalue weighted by Crippen LogP contribution is 2.24. The molecule has 0 bridgehead atoms. The number of aryl methyl sites for hydroxylation is 3. The lowest BCUT2D eigenvalue weighted by atomic mass is 10.2. The van der Waals surface area contributed by atoms with Gasteiger partial charge in [-0.2, -0.15) is 8.42 Å². The van der Waals surface area contributed by atoms with Crippen molar-refractivity contribution < 1.29 is 8.42 Å². The maximum Gasteiger partial charge on any atom is 0.281 e. The molecule has 0 aliphatic rings. The van der Waals surface area contributed by atoms with Gasteiger partial charge in [-0.15, -0.1) is 0 Å². The third-order valence-corrected chi connectivity index (χ3v) is 4.80. The van der Waals surface area contributed by atoms with E-state index in [0.717, 1.165) is 0 Å². The van der Waals surface area contributed by atoms with Crippen LogP contribution in [0.1, 0.15) is 37.0 Å². The van der Waals surface area contributed by atoms with Crippen molar-refractivity contribution in [1.82, 2.24) is 19.5 Å². The topological polar surface area (TPSA) is 93.0 Å². The molecule has 9 heteroatoms. The molecule has 0 radical (unpaired) electrons. The lowest BCUT2D eigenvalue weighted by molar-refractivity contribution is 0.597. The van der Waals surface area contributed by atoms with Gasteiger partial charge in [-0.1, -0.05) is 13.8 Å². The van der Waals surface area contributed by atoms with Gasteiger partial charge in [0.2, 0.25) is 5.95 Å². The summed E-state index contributed by atoms with van der Waals surface area (Å²) in [5.41, 5.74) is 1.52. The van der Waals surface area contributed by atoms with Gasteiger partial charge in [0.25, 0.3) is 10.0 Å². The molecule has 0 amide bonds. The van der Waals surface area contributed by atoms with Crippen molar-refractivity contribution in [2.45, 2.75) is 38.6 Å². The zero-order valence-electron chi connectivity index (χ0n) is 15.1. The van der Waals surface area contributed by atoms with Crippen molar-refractivity contribution in [2.24, 2.45) is 7.05 Å². The average Bonchev–Trinajstić information content (AvgIpc) is 2.85. The first-order valence-corrected chi connectivity index (χ1v) is 9.10. The van der Waals surface area contributed by atoms with Gasteiger partial charge in [-0.05, 0) is 13.8 Å². The molecule has 132 valence electrons. The molecule has 0 unspecified atom stereocenters. The van der Waals surface area contributed by atoms with Gasteiger partial charge in [-0.25, -0.2) is 15.0 Å². The Labute approximate surface area is 143 Å². The second-order valence-electron chi connectivity index (χ2n) is 6.27. The lowest BCUT2D eigenvalue weighted by Gasteiger charge is -2.15. The van der Waals surface area contributed by atoms with E-state index in [1.54, 1.807) is 30.4 Å². The third-order valence-electron chi connectivity index (χ3n) is 3.58.